The van der Waals surface area contributed by atoms with Crippen molar-refractivity contribution < 1.29 is 84.8 Å². The molecule has 0 saturated carbocycles. The van der Waals surface area contributed by atoms with Crippen LogP contribution in [-0.4, -0.2) is 104 Å². The van der Waals surface area contributed by atoms with Crippen molar-refractivity contribution in [1.29, 1.82) is 0 Å². The Morgan fingerprint density at radius 3 is 1.25 bits per heavy atom. The first-order valence-corrected chi connectivity index (χ1v) is 33.8. The van der Waals surface area contributed by atoms with Crippen molar-refractivity contribution in [2.24, 2.45) is 47.0 Å². The number of aliphatic imine (C=N–C) groups is 8. The second-order valence-corrected chi connectivity index (χ2v) is 22.5. The average Bonchev–Trinajstić information content (AvgIpc) is 1.63. The van der Waals surface area contributed by atoms with Gasteiger partial charge < -0.3 is 23.8 Å². The van der Waals surface area contributed by atoms with Gasteiger partial charge in [-0.15, -0.1) is 89.6 Å². The smallest absolute Gasteiger partial charge is 0.153 e. The molecule has 0 fully saturated rings. The summed E-state index contributed by atoms with van der Waals surface area (Å²) < 4.78 is 9.64. The third-order valence-corrected chi connectivity index (χ3v) is 14.8. The van der Waals surface area contributed by atoms with E-state index in [-0.39, 0.29) is 80.4 Å². The zero-order chi connectivity index (χ0) is 72.7. The van der Waals surface area contributed by atoms with E-state index in [1.165, 1.54) is 0 Å². The molecule has 13 aromatic rings. The van der Waals surface area contributed by atoms with Crippen LogP contribution in [0.25, 0.3) is 50.3 Å². The Labute approximate surface area is 694 Å². The Morgan fingerprint density at radius 2 is 0.855 bits per heavy atom. The second kappa shape index (κ2) is 48.6. The molecule has 0 bridgehead atoms. The normalized spacial score (nSPS) is 14.2. The molecule has 20 nitrogen and oxygen atoms in total. The van der Waals surface area contributed by atoms with Gasteiger partial charge in [0.05, 0.1) is 5.82 Å². The monoisotopic (exact) mass is 2160 g/mol. The molecule has 5 aromatic carbocycles. The van der Waals surface area contributed by atoms with E-state index >= 15 is 0 Å². The summed E-state index contributed by atoms with van der Waals surface area (Å²) in [4.78, 5) is 62.4. The van der Waals surface area contributed by atoms with Crippen LogP contribution < -0.4 is 4.90 Å². The third-order valence-electron chi connectivity index (χ3n) is 14.8. The van der Waals surface area contributed by atoms with Gasteiger partial charge in [-0.1, -0.05) is 84.3 Å². The zero-order valence-electron chi connectivity index (χ0n) is 59.6. The largest absolute Gasteiger partial charge is 0.510 e. The number of dihydropyridines is 4. The van der Waals surface area contributed by atoms with Crippen molar-refractivity contribution in [1.82, 2.24) is 49.2 Å². The number of furan rings is 1. The molecule has 0 amide bonds. The van der Waals surface area contributed by atoms with E-state index in [2.05, 4.69) is 105 Å². The number of aromatic nitrogens is 9. The van der Waals surface area contributed by atoms with Gasteiger partial charge in [0, 0.05) is 199 Å². The van der Waals surface area contributed by atoms with Crippen LogP contribution in [0.2, 0.25) is 0 Å². The van der Waals surface area contributed by atoms with E-state index in [0.717, 1.165) is 105 Å². The van der Waals surface area contributed by atoms with Crippen molar-refractivity contribution in [3.8, 4) is 28.3 Å². The topological polar surface area (TPSA) is 219 Å². The molecule has 8 aromatic heterocycles. The van der Waals surface area contributed by atoms with Crippen LogP contribution in [-0.2, 0) is 87.5 Å². The summed E-state index contributed by atoms with van der Waals surface area (Å²) in [6, 6.07) is 78.5. The second-order valence-electron chi connectivity index (χ2n) is 22.5. The van der Waals surface area contributed by atoms with Gasteiger partial charge in [-0.25, -0.2) is 59.9 Å². The maximum atomic E-state index is 5.88. The molecule has 0 unspecified atom stereocenters. The summed E-state index contributed by atoms with van der Waals surface area (Å²) in [6.07, 6.45) is 45.9. The van der Waals surface area contributed by atoms with Gasteiger partial charge in [0.1, 0.15) is 28.9 Å². The van der Waals surface area contributed by atoms with Crippen molar-refractivity contribution in [2.75, 3.05) is 11.9 Å². The summed E-state index contributed by atoms with van der Waals surface area (Å²) in [5.74, 6) is 7.03. The van der Waals surface area contributed by atoms with Crippen LogP contribution in [0, 0.1) is 30.9 Å². The predicted molar refractivity (Wildman–Crippen MR) is 429 cm³/mol. The molecule has 24 heteroatoms. The Bertz CT molecular complexity index is 4890. The van der Waals surface area contributed by atoms with Crippen LogP contribution in [0.5, 0.6) is 0 Å². The van der Waals surface area contributed by atoms with E-state index in [0.29, 0.717) is 23.3 Å². The number of rotatable bonds is 8. The van der Waals surface area contributed by atoms with Gasteiger partial charge in [-0.2, -0.15) is 48.2 Å². The predicted octanol–water partition coefficient (Wildman–Crippen LogP) is 18.4. The molecule has 558 valence electrons. The molecule has 5 aliphatic rings. The summed E-state index contributed by atoms with van der Waals surface area (Å²) in [5.41, 5.74) is 6.80. The van der Waals surface area contributed by atoms with Gasteiger partial charge in [0.2, 0.25) is 0 Å². The molecule has 4 radical (unpaired) electrons. The van der Waals surface area contributed by atoms with Crippen LogP contribution in [0.15, 0.2) is 367 Å². The minimum absolute atomic E-state index is 0. The Kier molecular flexibility index (Phi) is 37.8. The molecule has 0 atom stereocenters. The number of hydrogen-bond acceptors (Lipinski definition) is 14. The van der Waals surface area contributed by atoms with E-state index in [1.807, 2.05) is 309 Å². The van der Waals surface area contributed by atoms with Crippen LogP contribution in [0.4, 0.5) is 29.0 Å². The summed E-state index contributed by atoms with van der Waals surface area (Å²) in [5, 5.41) is 6.32. The minimum Gasteiger partial charge on any atom is -0.510 e. The van der Waals surface area contributed by atoms with Crippen molar-refractivity contribution in [3.05, 3.63) is 354 Å². The van der Waals surface area contributed by atoms with E-state index in [4.69, 9.17) is 4.42 Å². The number of para-hydroxylation sites is 2. The first-order chi connectivity index (χ1) is 52.4. The molecular weight excluding hydrogens is 2080 g/mol. The third kappa shape index (κ3) is 28.8. The van der Waals surface area contributed by atoms with E-state index < -0.39 is 0 Å². The minimum atomic E-state index is 0. The fourth-order valence-electron chi connectivity index (χ4n) is 9.73. The first-order valence-electron chi connectivity index (χ1n) is 33.8. The number of anilines is 1. The molecular formula is C86H72Ir4N19O-5. The van der Waals surface area contributed by atoms with Gasteiger partial charge in [0.15, 0.2) is 23.3 Å². The fourth-order valence-corrected chi connectivity index (χ4v) is 9.73. The van der Waals surface area contributed by atoms with Gasteiger partial charge >= 0.3 is 0 Å². The number of hydrogen-bond donors (Lipinski definition) is 0. The standard InChI is InChI=1S/C16H12N2O.C11H8N.4C10H9N3.C10H9N2.C9H7N2.4Ir/c1-17-8-9-18(11-17)12-6-7-14-13-4-2-3-5-15(13)19-16(14)10-12;1-2-6-10(7-3-1)11-8-4-5-9-12-11;4*1-3-7-11-9(5-1)13-10-6-2-4-8-12-10;1-12-8-7-11-10(12)9-5-3-2-4-6-9;1-2-5-9(6-3-1)11-8-4-7-10-11;;;;/h2-5,7-11H,1H3;1-6,8-9H;4*1-5,7-8H,6H2;2-5,7-8H,1H3;1-5,7-8H;;;;/q-2;-1;;;;;2*-1;;;;. The first kappa shape index (κ1) is 85.6. The molecule has 0 N–H and O–H groups in total. The number of aryl methyl sites for hydroxylation is 1. The molecule has 13 heterocycles. The number of benzene rings is 5. The molecule has 5 aliphatic heterocycles. The summed E-state index contributed by atoms with van der Waals surface area (Å²) in [7, 11) is 3.97. The summed E-state index contributed by atoms with van der Waals surface area (Å²) >= 11 is 0. The maximum absolute atomic E-state index is 5.88. The van der Waals surface area contributed by atoms with Gasteiger partial charge in [0.25, 0.3) is 0 Å². The number of imidazole rings is 1. The fraction of sp³-hybridized carbons (Fsp3) is 0.0698. The number of allylic oxidation sites excluding steroid dienone is 4. The summed E-state index contributed by atoms with van der Waals surface area (Å²) in [6.45, 7) is 2.00. The van der Waals surface area contributed by atoms with E-state index in [1.54, 1.807) is 72.9 Å². The molecule has 0 aliphatic carbocycles. The number of nitrogens with zero attached hydrogens (tertiary/aromatic N) is 19. The van der Waals surface area contributed by atoms with Gasteiger partial charge in [-0.3, -0.25) is 9.67 Å². The average molecular weight is 2160 g/mol. The Hall–Kier alpha value is -11.7. The van der Waals surface area contributed by atoms with E-state index in [9.17, 15) is 0 Å². The van der Waals surface area contributed by atoms with Crippen LogP contribution in [0.3, 0.4) is 0 Å². The molecule has 0 spiro atoms. The quantitative estimate of drug-likeness (QED) is 0.131. The zero-order valence-corrected chi connectivity index (χ0v) is 69.1. The van der Waals surface area contributed by atoms with Gasteiger partial charge in [-0.05, 0) is 127 Å². The number of fused-ring (bicyclic) bond motifs is 3. The molecule has 110 heavy (non-hydrogen) atoms. The molecule has 0 saturated heterocycles. The Morgan fingerprint density at radius 1 is 0.391 bits per heavy atom. The van der Waals surface area contributed by atoms with Crippen molar-refractivity contribution in [3.63, 3.8) is 0 Å². The Balaban J connectivity index is 0.000000175. The number of pyridine rings is 5. The molecule has 18 rings (SSSR count). The van der Waals surface area contributed by atoms with Crippen molar-refractivity contribution in [2.45, 2.75) is 25.7 Å². The number of amidine groups is 4. The SMILES string of the molecule is C1=CCC(=Nc2ccccn2)N=C1.C1=CCC(=Nc2ccccn2)N=C1.C1=CCC(=Nc2ccccn2)N=C1.C1=CCC(=Nc2ccccn2)N=C1.CN1C=CN(c2[c-]cc3c(c2)oc2ccccc23)[CH-]1.Cn1ccnc1-c1[c-]cccc1.[Ir].[Ir].[Ir].[Ir].[c-]1ccccc1-c1ccccn1.[c-]1ccccc1-n1cccn1. The van der Waals surface area contributed by atoms with Crippen LogP contribution >= 0.6 is 0 Å². The maximum Gasteiger partial charge on any atom is 0.153 e. The van der Waals surface area contributed by atoms with Crippen molar-refractivity contribution >= 4 is 99.1 Å². The van der Waals surface area contributed by atoms with Crippen LogP contribution in [0.1, 0.15) is 25.7 Å².